The minimum absolute atomic E-state index is 0.107. The van der Waals surface area contributed by atoms with Gasteiger partial charge in [-0.25, -0.2) is 4.79 Å². The molecule has 1 heterocycles. The predicted octanol–water partition coefficient (Wildman–Crippen LogP) is 3.02. The van der Waals surface area contributed by atoms with E-state index >= 15 is 0 Å². The Balaban J connectivity index is 1.46. The molecule has 28 heavy (non-hydrogen) atoms. The first kappa shape index (κ1) is 20.2. The van der Waals surface area contributed by atoms with Gasteiger partial charge >= 0.3 is 6.03 Å². The summed E-state index contributed by atoms with van der Waals surface area (Å²) in [7, 11) is 1.86. The summed E-state index contributed by atoms with van der Waals surface area (Å²) in [5, 5.41) is 9.53. The third-order valence-electron chi connectivity index (χ3n) is 4.91. The largest absolute Gasteiger partial charge is 0.341 e. The Hall–Kier alpha value is -2.57. The molecule has 2 aromatic carbocycles. The van der Waals surface area contributed by atoms with Crippen LogP contribution in [-0.2, 0) is 17.8 Å². The SMILES string of the molecule is CN(C(=O)Cc1ccc(NC(=O)NCc2ccc(Cl)cc2)cc1)[C@@H]1CCNC1. The summed E-state index contributed by atoms with van der Waals surface area (Å²) in [6.07, 6.45) is 1.35. The fourth-order valence-electron chi connectivity index (χ4n) is 3.14. The maximum atomic E-state index is 12.4. The van der Waals surface area contributed by atoms with Gasteiger partial charge in [-0.2, -0.15) is 0 Å². The van der Waals surface area contributed by atoms with E-state index in [1.54, 1.807) is 12.1 Å². The van der Waals surface area contributed by atoms with E-state index in [4.69, 9.17) is 11.6 Å². The van der Waals surface area contributed by atoms with Gasteiger partial charge in [-0.3, -0.25) is 4.79 Å². The van der Waals surface area contributed by atoms with E-state index in [1.807, 2.05) is 48.3 Å². The second-order valence-electron chi connectivity index (χ2n) is 6.96. The quantitative estimate of drug-likeness (QED) is 0.697. The molecule has 1 aliphatic rings. The number of anilines is 1. The Bertz CT molecular complexity index is 802. The molecule has 0 aliphatic carbocycles. The average molecular weight is 401 g/mol. The zero-order valence-corrected chi connectivity index (χ0v) is 16.6. The fraction of sp³-hybridized carbons (Fsp3) is 0.333. The van der Waals surface area contributed by atoms with Crippen molar-refractivity contribution in [2.24, 2.45) is 0 Å². The summed E-state index contributed by atoms with van der Waals surface area (Å²) in [6.45, 7) is 2.23. The number of halogens is 1. The highest BCUT2D eigenvalue weighted by Crippen LogP contribution is 2.13. The van der Waals surface area contributed by atoms with Gasteiger partial charge in [-0.05, 0) is 48.4 Å². The molecule has 3 amide bonds. The first-order valence-corrected chi connectivity index (χ1v) is 9.73. The maximum Gasteiger partial charge on any atom is 0.319 e. The van der Waals surface area contributed by atoms with Gasteiger partial charge in [0.15, 0.2) is 0 Å². The molecule has 148 valence electrons. The van der Waals surface area contributed by atoms with Crippen LogP contribution in [0.5, 0.6) is 0 Å². The molecular formula is C21H25ClN4O2. The topological polar surface area (TPSA) is 73.5 Å². The first-order valence-electron chi connectivity index (χ1n) is 9.36. The van der Waals surface area contributed by atoms with Gasteiger partial charge in [-0.1, -0.05) is 35.9 Å². The van der Waals surface area contributed by atoms with Gasteiger partial charge in [0, 0.05) is 36.9 Å². The molecule has 3 N–H and O–H groups in total. The number of urea groups is 1. The van der Waals surface area contributed by atoms with Crippen molar-refractivity contribution >= 4 is 29.2 Å². The number of hydrogen-bond acceptors (Lipinski definition) is 3. The summed E-state index contributed by atoms with van der Waals surface area (Å²) >= 11 is 5.85. The van der Waals surface area contributed by atoms with Crippen LogP contribution in [0.1, 0.15) is 17.5 Å². The summed E-state index contributed by atoms with van der Waals surface area (Å²) in [5.74, 6) is 0.107. The molecule has 1 aliphatic heterocycles. The van der Waals surface area contributed by atoms with E-state index in [1.165, 1.54) is 0 Å². The van der Waals surface area contributed by atoms with Crippen LogP contribution < -0.4 is 16.0 Å². The number of hydrogen-bond donors (Lipinski definition) is 3. The number of likely N-dealkylation sites (N-methyl/N-ethyl adjacent to an activating group) is 1. The highest BCUT2D eigenvalue weighted by molar-refractivity contribution is 6.30. The Kier molecular flexibility index (Phi) is 6.90. The zero-order chi connectivity index (χ0) is 19.9. The molecule has 1 saturated heterocycles. The minimum Gasteiger partial charge on any atom is -0.341 e. The lowest BCUT2D eigenvalue weighted by Gasteiger charge is -2.23. The molecule has 3 rings (SSSR count). The van der Waals surface area contributed by atoms with Gasteiger partial charge in [0.2, 0.25) is 5.91 Å². The Morgan fingerprint density at radius 1 is 1.11 bits per heavy atom. The molecule has 1 atom stereocenters. The smallest absolute Gasteiger partial charge is 0.319 e. The standard InChI is InChI=1S/C21H25ClN4O2/c1-26(19-10-11-23-14-19)20(27)12-15-4-8-18(9-5-15)25-21(28)24-13-16-2-6-17(22)7-3-16/h2-9,19,23H,10-14H2,1H3,(H2,24,25,28)/t19-/m1/s1. The predicted molar refractivity (Wildman–Crippen MR) is 112 cm³/mol. The summed E-state index contributed by atoms with van der Waals surface area (Å²) in [5.41, 5.74) is 2.57. The maximum absolute atomic E-state index is 12.4. The molecule has 2 aromatic rings. The highest BCUT2D eigenvalue weighted by atomic mass is 35.5. The summed E-state index contributed by atoms with van der Waals surface area (Å²) in [4.78, 5) is 26.3. The highest BCUT2D eigenvalue weighted by Gasteiger charge is 2.22. The Morgan fingerprint density at radius 3 is 2.43 bits per heavy atom. The van der Waals surface area contributed by atoms with Crippen molar-refractivity contribution in [2.45, 2.75) is 25.4 Å². The first-order chi connectivity index (χ1) is 13.5. The van der Waals surface area contributed by atoms with Crippen molar-refractivity contribution in [1.82, 2.24) is 15.5 Å². The Morgan fingerprint density at radius 2 is 1.79 bits per heavy atom. The summed E-state index contributed by atoms with van der Waals surface area (Å²) < 4.78 is 0. The molecule has 1 fully saturated rings. The molecule has 0 radical (unpaired) electrons. The van der Waals surface area contributed by atoms with Gasteiger partial charge in [-0.15, -0.1) is 0 Å². The second-order valence-corrected chi connectivity index (χ2v) is 7.40. The third kappa shape index (κ3) is 5.71. The number of amides is 3. The Labute approximate surface area is 170 Å². The van der Waals surface area contributed by atoms with Crippen LogP contribution in [0.15, 0.2) is 48.5 Å². The van der Waals surface area contributed by atoms with Crippen molar-refractivity contribution in [3.63, 3.8) is 0 Å². The van der Waals surface area contributed by atoms with Crippen molar-refractivity contribution < 1.29 is 9.59 Å². The lowest BCUT2D eigenvalue weighted by Crippen LogP contribution is -2.39. The van der Waals surface area contributed by atoms with Gasteiger partial charge < -0.3 is 20.9 Å². The van der Waals surface area contributed by atoms with Crippen LogP contribution in [0, 0.1) is 0 Å². The number of benzene rings is 2. The van der Waals surface area contributed by atoms with Crippen LogP contribution in [0.4, 0.5) is 10.5 Å². The number of nitrogens with zero attached hydrogens (tertiary/aromatic N) is 1. The number of carbonyl (C=O) groups is 2. The summed E-state index contributed by atoms with van der Waals surface area (Å²) in [6, 6.07) is 14.7. The number of carbonyl (C=O) groups excluding carboxylic acids is 2. The molecule has 7 heteroatoms. The lowest BCUT2D eigenvalue weighted by atomic mass is 10.1. The van der Waals surface area contributed by atoms with E-state index in [2.05, 4.69) is 16.0 Å². The molecular weight excluding hydrogens is 376 g/mol. The molecule has 0 saturated carbocycles. The van der Waals surface area contributed by atoms with Gasteiger partial charge in [0.1, 0.15) is 0 Å². The monoisotopic (exact) mass is 400 g/mol. The van der Waals surface area contributed by atoms with E-state index in [-0.39, 0.29) is 18.0 Å². The van der Waals surface area contributed by atoms with Crippen molar-refractivity contribution in [3.05, 3.63) is 64.7 Å². The molecule has 6 nitrogen and oxygen atoms in total. The van der Waals surface area contributed by atoms with Crippen LogP contribution in [0.2, 0.25) is 5.02 Å². The molecule has 0 unspecified atom stereocenters. The van der Waals surface area contributed by atoms with E-state index < -0.39 is 0 Å². The van der Waals surface area contributed by atoms with Crippen LogP contribution >= 0.6 is 11.6 Å². The number of rotatable bonds is 6. The molecule has 0 aromatic heterocycles. The van der Waals surface area contributed by atoms with Crippen molar-refractivity contribution in [1.29, 1.82) is 0 Å². The molecule has 0 spiro atoms. The van der Waals surface area contributed by atoms with Crippen LogP contribution in [-0.4, -0.2) is 43.0 Å². The van der Waals surface area contributed by atoms with Crippen LogP contribution in [0.3, 0.4) is 0 Å². The van der Waals surface area contributed by atoms with Crippen LogP contribution in [0.25, 0.3) is 0 Å². The van der Waals surface area contributed by atoms with Crippen molar-refractivity contribution in [2.75, 3.05) is 25.5 Å². The van der Waals surface area contributed by atoms with Crippen molar-refractivity contribution in [3.8, 4) is 0 Å². The fourth-order valence-corrected chi connectivity index (χ4v) is 3.26. The van der Waals surface area contributed by atoms with E-state index in [0.717, 1.165) is 30.6 Å². The van der Waals surface area contributed by atoms with E-state index in [9.17, 15) is 9.59 Å². The third-order valence-corrected chi connectivity index (χ3v) is 5.16. The van der Waals surface area contributed by atoms with Gasteiger partial charge in [0.25, 0.3) is 0 Å². The van der Waals surface area contributed by atoms with Gasteiger partial charge in [0.05, 0.1) is 6.42 Å². The van der Waals surface area contributed by atoms with E-state index in [0.29, 0.717) is 23.7 Å². The molecule has 0 bridgehead atoms. The second kappa shape index (κ2) is 9.57. The minimum atomic E-state index is -0.285. The number of nitrogens with one attached hydrogen (secondary N) is 3. The lowest BCUT2D eigenvalue weighted by molar-refractivity contribution is -0.130. The normalized spacial score (nSPS) is 15.9. The average Bonchev–Trinajstić information content (AvgIpc) is 3.23. The zero-order valence-electron chi connectivity index (χ0n) is 15.9.